The fourth-order valence-electron chi connectivity index (χ4n) is 7.09. The van der Waals surface area contributed by atoms with Gasteiger partial charge in [0.2, 0.25) is 5.69 Å². The maximum Gasteiger partial charge on any atom is 0.222 e. The monoisotopic (exact) mass is 464 g/mol. The molecule has 0 radical (unpaired) electrons. The zero-order chi connectivity index (χ0) is 23.2. The highest BCUT2D eigenvalue weighted by molar-refractivity contribution is 7.99. The Kier molecular flexibility index (Phi) is 4.53. The topological polar surface area (TPSA) is 3.88 Å². The van der Waals surface area contributed by atoms with E-state index < -0.39 is 0 Å². The Hall–Kier alpha value is -2.32. The molecule has 1 aromatic heterocycles. The maximum atomic E-state index is 2.57. The minimum atomic E-state index is 0.509. The van der Waals surface area contributed by atoms with E-state index in [9.17, 15) is 0 Å². The average Bonchev–Trinajstić information content (AvgIpc) is 2.83. The molecule has 0 N–H and O–H groups in total. The van der Waals surface area contributed by atoms with Crippen molar-refractivity contribution >= 4 is 33.3 Å². The lowest BCUT2D eigenvalue weighted by Crippen LogP contribution is -2.32. The third-order valence-electron chi connectivity index (χ3n) is 9.09. The van der Waals surface area contributed by atoms with Gasteiger partial charge in [-0.25, -0.2) is 4.57 Å². The van der Waals surface area contributed by atoms with E-state index in [1.807, 2.05) is 0 Å². The van der Waals surface area contributed by atoms with Crippen LogP contribution in [-0.4, -0.2) is 0 Å². The van der Waals surface area contributed by atoms with Crippen molar-refractivity contribution in [2.75, 3.05) is 0 Å². The van der Waals surface area contributed by atoms with Crippen LogP contribution in [0.15, 0.2) is 52.4 Å². The summed E-state index contributed by atoms with van der Waals surface area (Å²) in [7, 11) is 2.24. The normalized spacial score (nSPS) is 18.9. The number of rotatable bonds is 1. The van der Waals surface area contributed by atoms with Gasteiger partial charge in [-0.3, -0.25) is 0 Å². The molecule has 3 aliphatic rings. The van der Waals surface area contributed by atoms with Crippen LogP contribution in [0.1, 0.15) is 74.1 Å². The fraction of sp³-hybridized carbons (Fsp3) is 0.406. The number of aromatic nitrogens is 1. The van der Waals surface area contributed by atoms with Gasteiger partial charge in [0.25, 0.3) is 0 Å². The number of hydrogen-bond donors (Lipinski definition) is 0. The summed E-state index contributed by atoms with van der Waals surface area (Å²) in [5, 5.41) is 5.91. The minimum absolute atomic E-state index is 0.509. The molecule has 2 heterocycles. The van der Waals surface area contributed by atoms with Gasteiger partial charge in [0.05, 0.1) is 10.9 Å². The van der Waals surface area contributed by atoms with Crippen molar-refractivity contribution in [2.45, 2.75) is 81.4 Å². The Labute approximate surface area is 207 Å². The molecule has 0 saturated heterocycles. The number of aryl methyl sites for hydroxylation is 4. The summed E-state index contributed by atoms with van der Waals surface area (Å²) in [6.07, 6.45) is 11.3. The molecule has 2 heteroatoms. The number of pyridine rings is 1. The van der Waals surface area contributed by atoms with Crippen LogP contribution in [0.2, 0.25) is 0 Å². The molecule has 1 nitrogen and oxygen atoms in total. The first-order valence-corrected chi connectivity index (χ1v) is 13.9. The molecule has 0 amide bonds. The molecule has 0 spiro atoms. The molecular weight excluding hydrogens is 430 g/mol. The van der Waals surface area contributed by atoms with E-state index in [0.717, 1.165) is 0 Å². The first kappa shape index (κ1) is 21.0. The summed E-state index contributed by atoms with van der Waals surface area (Å²) in [4.78, 5) is 3.02. The van der Waals surface area contributed by atoms with Crippen LogP contribution in [0.4, 0.5) is 0 Å². The second-order valence-electron chi connectivity index (χ2n) is 11.8. The second-order valence-corrected chi connectivity index (χ2v) is 12.9. The van der Waals surface area contributed by atoms with Crippen molar-refractivity contribution in [3.8, 4) is 11.3 Å². The van der Waals surface area contributed by atoms with Gasteiger partial charge < -0.3 is 0 Å². The van der Waals surface area contributed by atoms with Gasteiger partial charge in [-0.1, -0.05) is 49.9 Å². The molecule has 1 saturated carbocycles. The molecule has 1 aliphatic heterocycles. The van der Waals surface area contributed by atoms with E-state index in [1.54, 1.807) is 22.1 Å². The number of benzene rings is 3. The fourth-order valence-corrected chi connectivity index (χ4v) is 8.50. The van der Waals surface area contributed by atoms with E-state index in [-0.39, 0.29) is 0 Å². The molecule has 0 unspecified atom stereocenters. The highest BCUT2D eigenvalue weighted by atomic mass is 32.2. The Morgan fingerprint density at radius 1 is 1.00 bits per heavy atom. The highest BCUT2D eigenvalue weighted by Crippen LogP contribution is 2.54. The number of nitrogens with zero attached hydrogens (tertiary/aromatic N) is 1. The van der Waals surface area contributed by atoms with Gasteiger partial charge in [-0.05, 0) is 108 Å². The zero-order valence-electron chi connectivity index (χ0n) is 20.9. The van der Waals surface area contributed by atoms with Crippen LogP contribution in [-0.2, 0) is 19.9 Å². The molecule has 34 heavy (non-hydrogen) atoms. The number of fused-ring (bicyclic) bond motifs is 3. The Morgan fingerprint density at radius 2 is 1.82 bits per heavy atom. The SMILES string of the molecule is Cc1c2c(c3c4c(cccc14)CCC3)Sc1cc(C3CCC(C)(C)CC3)cc3cc[n+](C)c-2c13. The predicted octanol–water partition coefficient (Wildman–Crippen LogP) is 8.43. The average molecular weight is 465 g/mol. The van der Waals surface area contributed by atoms with E-state index in [0.29, 0.717) is 11.3 Å². The third kappa shape index (κ3) is 2.97. The minimum Gasteiger partial charge on any atom is -0.200 e. The van der Waals surface area contributed by atoms with E-state index in [1.165, 1.54) is 87.7 Å². The molecule has 0 bridgehead atoms. The molecule has 4 aromatic rings. The van der Waals surface area contributed by atoms with Crippen LogP contribution in [0.3, 0.4) is 0 Å². The first-order valence-electron chi connectivity index (χ1n) is 13.1. The van der Waals surface area contributed by atoms with Gasteiger partial charge in [0.15, 0.2) is 6.20 Å². The van der Waals surface area contributed by atoms with Crippen molar-refractivity contribution in [3.05, 3.63) is 64.8 Å². The molecule has 0 atom stereocenters. The first-order chi connectivity index (χ1) is 16.4. The lowest BCUT2D eigenvalue weighted by atomic mass is 9.71. The summed E-state index contributed by atoms with van der Waals surface area (Å²) in [6, 6.07) is 14.4. The van der Waals surface area contributed by atoms with Crippen molar-refractivity contribution in [3.63, 3.8) is 0 Å². The summed E-state index contributed by atoms with van der Waals surface area (Å²) in [5.41, 5.74) is 9.60. The largest absolute Gasteiger partial charge is 0.222 e. The van der Waals surface area contributed by atoms with Crippen molar-refractivity contribution in [1.82, 2.24) is 0 Å². The summed E-state index contributed by atoms with van der Waals surface area (Å²) >= 11 is 2.07. The summed E-state index contributed by atoms with van der Waals surface area (Å²) in [6.45, 7) is 7.25. The van der Waals surface area contributed by atoms with Crippen molar-refractivity contribution < 1.29 is 4.57 Å². The van der Waals surface area contributed by atoms with Gasteiger partial charge >= 0.3 is 0 Å². The Morgan fingerprint density at radius 3 is 2.65 bits per heavy atom. The van der Waals surface area contributed by atoms with E-state index in [4.69, 9.17) is 0 Å². The lowest BCUT2D eigenvalue weighted by Gasteiger charge is -2.35. The Balaban J connectivity index is 1.49. The highest BCUT2D eigenvalue weighted by Gasteiger charge is 2.34. The van der Waals surface area contributed by atoms with E-state index >= 15 is 0 Å². The lowest BCUT2D eigenvalue weighted by molar-refractivity contribution is -0.659. The molecule has 172 valence electrons. The van der Waals surface area contributed by atoms with Gasteiger partial charge in [0.1, 0.15) is 7.05 Å². The van der Waals surface area contributed by atoms with Crippen LogP contribution >= 0.6 is 11.8 Å². The maximum absolute atomic E-state index is 2.57. The summed E-state index contributed by atoms with van der Waals surface area (Å²) < 4.78 is 2.38. The quantitative estimate of drug-likeness (QED) is 0.225. The Bertz CT molecular complexity index is 1500. The molecule has 7 rings (SSSR count). The smallest absolute Gasteiger partial charge is 0.200 e. The standard InChI is InChI=1S/C32H34NS/c1-19-24-9-5-7-21-8-6-10-25(28(21)24)31-27(19)30-29-22(13-16-33(30)4)17-23(18-26(29)34-31)20-11-14-32(2,3)15-12-20/h5,7,9,13,16-18,20H,6,8,10-12,14-15H2,1-4H3/q+1. The molecule has 2 aliphatic carbocycles. The summed E-state index contributed by atoms with van der Waals surface area (Å²) in [5.74, 6) is 0.705. The molecular formula is C32H34NS+. The molecule has 3 aromatic carbocycles. The zero-order valence-corrected chi connectivity index (χ0v) is 21.7. The number of hydrogen-bond acceptors (Lipinski definition) is 1. The van der Waals surface area contributed by atoms with Crippen LogP contribution in [0.5, 0.6) is 0 Å². The van der Waals surface area contributed by atoms with Crippen molar-refractivity contribution in [1.29, 1.82) is 0 Å². The van der Waals surface area contributed by atoms with Gasteiger partial charge in [0, 0.05) is 15.9 Å². The van der Waals surface area contributed by atoms with Gasteiger partial charge in [-0.2, -0.15) is 0 Å². The van der Waals surface area contributed by atoms with Gasteiger partial charge in [-0.15, -0.1) is 0 Å². The molecule has 1 fully saturated rings. The van der Waals surface area contributed by atoms with Crippen LogP contribution in [0, 0.1) is 12.3 Å². The third-order valence-corrected chi connectivity index (χ3v) is 10.3. The van der Waals surface area contributed by atoms with E-state index in [2.05, 4.69) is 86.7 Å². The van der Waals surface area contributed by atoms with Crippen molar-refractivity contribution in [2.24, 2.45) is 12.5 Å². The second kappa shape index (κ2) is 7.34. The predicted molar refractivity (Wildman–Crippen MR) is 144 cm³/mol. The van der Waals surface area contributed by atoms with Crippen LogP contribution in [0.25, 0.3) is 32.8 Å². The van der Waals surface area contributed by atoms with Crippen LogP contribution < -0.4 is 4.57 Å².